The van der Waals surface area contributed by atoms with E-state index in [-0.39, 0.29) is 40.6 Å². The van der Waals surface area contributed by atoms with E-state index >= 15 is 0 Å². The molecule has 3 atom stereocenters. The summed E-state index contributed by atoms with van der Waals surface area (Å²) in [7, 11) is 0. The fourth-order valence-corrected chi connectivity index (χ4v) is 5.38. The van der Waals surface area contributed by atoms with E-state index in [2.05, 4.69) is 15.4 Å². The molecule has 39 heavy (non-hydrogen) atoms. The van der Waals surface area contributed by atoms with Crippen LogP contribution < -0.4 is 5.32 Å². The first-order valence-corrected chi connectivity index (χ1v) is 12.5. The van der Waals surface area contributed by atoms with Crippen molar-refractivity contribution < 1.29 is 35.9 Å². The summed E-state index contributed by atoms with van der Waals surface area (Å²) in [5.41, 5.74) is -2.22. The van der Waals surface area contributed by atoms with Crippen molar-refractivity contribution >= 4 is 17.7 Å². The van der Waals surface area contributed by atoms with Gasteiger partial charge in [-0.15, -0.1) is 5.10 Å². The van der Waals surface area contributed by atoms with E-state index in [1.807, 2.05) is 0 Å². The maximum Gasteiger partial charge on any atom is 0.433 e. The number of pyridine rings is 1. The van der Waals surface area contributed by atoms with Gasteiger partial charge < -0.3 is 15.0 Å². The van der Waals surface area contributed by atoms with Crippen molar-refractivity contribution in [3.63, 3.8) is 0 Å². The Bertz CT molecular complexity index is 1360. The van der Waals surface area contributed by atoms with Gasteiger partial charge in [0.25, 0.3) is 0 Å². The fourth-order valence-electron chi connectivity index (χ4n) is 5.38. The lowest BCUT2D eigenvalue weighted by Crippen LogP contribution is -2.51. The maximum absolute atomic E-state index is 13.8. The summed E-state index contributed by atoms with van der Waals surface area (Å²) in [5, 5.41) is 7.29. The predicted octanol–water partition coefficient (Wildman–Crippen LogP) is 6.49. The highest BCUT2D eigenvalue weighted by Gasteiger charge is 2.45. The highest BCUT2D eigenvalue weighted by molar-refractivity contribution is 5.78. The molecule has 2 fully saturated rings. The lowest BCUT2D eigenvalue weighted by molar-refractivity contribution is -0.142. The smallest absolute Gasteiger partial charge is 0.433 e. The Morgan fingerprint density at radius 1 is 0.923 bits per heavy atom. The van der Waals surface area contributed by atoms with E-state index in [0.29, 0.717) is 17.6 Å². The van der Waals surface area contributed by atoms with Crippen molar-refractivity contribution in [2.24, 2.45) is 11.8 Å². The Hall–Kier alpha value is -3.51. The van der Waals surface area contributed by atoms with Crippen LogP contribution in [0, 0.1) is 11.8 Å². The van der Waals surface area contributed by atoms with Gasteiger partial charge in [-0.1, -0.05) is 12.1 Å². The Kier molecular flexibility index (Phi) is 6.46. The Morgan fingerprint density at radius 2 is 1.54 bits per heavy atom. The molecule has 1 aromatic carbocycles. The molecule has 1 aliphatic heterocycles. The number of nitrogens with one attached hydrogen (secondary N) is 1. The predicted molar refractivity (Wildman–Crippen MR) is 130 cm³/mol. The summed E-state index contributed by atoms with van der Waals surface area (Å²) < 4.78 is 86.6. The van der Waals surface area contributed by atoms with E-state index in [9.17, 15) is 31.1 Å². The summed E-state index contributed by atoms with van der Waals surface area (Å²) in [5.74, 6) is 0.0335. The van der Waals surface area contributed by atoms with Gasteiger partial charge >= 0.3 is 18.4 Å². The topological polar surface area (TPSA) is 71.8 Å². The van der Waals surface area contributed by atoms with Crippen LogP contribution in [0.15, 0.2) is 36.4 Å². The monoisotopic (exact) mass is 555 g/mol. The lowest BCUT2D eigenvalue weighted by atomic mass is 9.92. The minimum absolute atomic E-state index is 0.0209. The van der Waals surface area contributed by atoms with E-state index in [4.69, 9.17) is 4.74 Å². The van der Waals surface area contributed by atoms with Crippen molar-refractivity contribution in [3.05, 3.63) is 47.7 Å². The van der Waals surface area contributed by atoms with Crippen LogP contribution in [0.1, 0.15) is 44.9 Å². The molecule has 13 heteroatoms. The van der Waals surface area contributed by atoms with Crippen molar-refractivity contribution in [3.8, 4) is 11.1 Å². The zero-order valence-electron chi connectivity index (χ0n) is 21.4. The highest BCUT2D eigenvalue weighted by Crippen LogP contribution is 2.40. The van der Waals surface area contributed by atoms with Crippen molar-refractivity contribution in [2.45, 2.75) is 57.6 Å². The first-order valence-electron chi connectivity index (χ1n) is 12.5. The van der Waals surface area contributed by atoms with E-state index in [1.54, 1.807) is 25.7 Å². The molecule has 1 saturated carbocycles. The number of ether oxygens (including phenoxy) is 1. The van der Waals surface area contributed by atoms with Gasteiger partial charge in [-0.3, -0.25) is 0 Å². The fraction of sp³-hybridized carbons (Fsp3) is 0.500. The average molecular weight is 556 g/mol. The van der Waals surface area contributed by atoms with Crippen LogP contribution in [0.2, 0.25) is 0 Å². The summed E-state index contributed by atoms with van der Waals surface area (Å²) in [4.78, 5) is 18.6. The molecule has 5 rings (SSSR count). The number of fused-ring (bicyclic) bond motifs is 3. The third kappa shape index (κ3) is 5.48. The van der Waals surface area contributed by atoms with Gasteiger partial charge in [-0.2, -0.15) is 31.3 Å². The van der Waals surface area contributed by atoms with Crippen molar-refractivity contribution in [1.82, 2.24) is 19.5 Å². The van der Waals surface area contributed by atoms with Crippen LogP contribution in [0.3, 0.4) is 0 Å². The number of piperidine rings is 1. The Morgan fingerprint density at radius 3 is 2.08 bits per heavy atom. The Labute approximate surface area is 220 Å². The molecule has 1 saturated heterocycles. The second-order valence-electron chi connectivity index (χ2n) is 11.0. The molecule has 7 nitrogen and oxygen atoms in total. The molecular formula is C26H27F6N5O2. The molecule has 1 aliphatic carbocycles. The molecular weight excluding hydrogens is 528 g/mol. The van der Waals surface area contributed by atoms with Gasteiger partial charge in [-0.25, -0.2) is 9.31 Å². The molecule has 1 amide bonds. The second-order valence-corrected chi connectivity index (χ2v) is 11.0. The first-order chi connectivity index (χ1) is 18.1. The standard InChI is InChI=1S/C26H27F6N5O2/c1-24(2,3)39-23(38)36-12-15-4-5-16(13-36)20(15)33-22-34-21-18(10-11-19(26(30,31)32)37(21)35-22)14-6-8-17(9-7-14)25(27,28)29/h6-11,15-16,20H,4-5,12-13H2,1-3H3,(H,33,35)/t15-,16?,20?/m0/s1. The highest BCUT2D eigenvalue weighted by atomic mass is 19.4. The summed E-state index contributed by atoms with van der Waals surface area (Å²) >= 11 is 0. The van der Waals surface area contributed by atoms with Crippen LogP contribution >= 0.6 is 0 Å². The normalized spacial score (nSPS) is 21.9. The van der Waals surface area contributed by atoms with Crippen LogP contribution in [-0.4, -0.2) is 50.3 Å². The molecule has 0 spiro atoms. The maximum atomic E-state index is 13.8. The third-order valence-corrected chi connectivity index (χ3v) is 7.08. The van der Waals surface area contributed by atoms with E-state index in [0.717, 1.165) is 31.0 Å². The number of hydrogen-bond donors (Lipinski definition) is 1. The number of benzene rings is 1. The molecule has 3 aromatic rings. The van der Waals surface area contributed by atoms with Crippen molar-refractivity contribution in [2.75, 3.05) is 18.4 Å². The number of hydrogen-bond acceptors (Lipinski definition) is 5. The number of rotatable bonds is 3. The summed E-state index contributed by atoms with van der Waals surface area (Å²) in [6.07, 6.45) is -8.04. The number of aromatic nitrogens is 3. The number of nitrogens with zero attached hydrogens (tertiary/aromatic N) is 4. The van der Waals surface area contributed by atoms with Gasteiger partial charge in [0.15, 0.2) is 5.65 Å². The number of amides is 1. The summed E-state index contributed by atoms with van der Waals surface area (Å²) in [6, 6.07) is 5.98. The van der Waals surface area contributed by atoms with Crippen LogP contribution in [0.4, 0.5) is 37.1 Å². The van der Waals surface area contributed by atoms with Gasteiger partial charge in [0.05, 0.1) is 5.56 Å². The van der Waals surface area contributed by atoms with Gasteiger partial charge in [-0.05, 0) is 75.3 Å². The third-order valence-electron chi connectivity index (χ3n) is 7.08. The number of likely N-dealkylation sites (tertiary alicyclic amines) is 1. The van der Waals surface area contributed by atoms with Gasteiger partial charge in [0, 0.05) is 24.7 Å². The van der Waals surface area contributed by atoms with Gasteiger partial charge in [0.1, 0.15) is 11.3 Å². The first kappa shape index (κ1) is 27.1. The largest absolute Gasteiger partial charge is 0.444 e. The Balaban J connectivity index is 1.44. The molecule has 3 heterocycles. The minimum atomic E-state index is -4.74. The molecule has 2 bridgehead atoms. The molecule has 2 aromatic heterocycles. The SMILES string of the molecule is CC(C)(C)OC(=O)N1CC2CC[C@@H](C1)C2Nc1nc2c(-c3ccc(C(F)(F)F)cc3)ccc(C(F)(F)F)n2n1. The number of anilines is 1. The molecule has 2 unspecified atom stereocenters. The quantitative estimate of drug-likeness (QED) is 0.374. The van der Waals surface area contributed by atoms with Crippen LogP contribution in [0.5, 0.6) is 0 Å². The molecule has 210 valence electrons. The van der Waals surface area contributed by atoms with E-state index in [1.165, 1.54) is 18.2 Å². The lowest BCUT2D eigenvalue weighted by Gasteiger charge is -2.38. The van der Waals surface area contributed by atoms with Gasteiger partial charge in [0.2, 0.25) is 5.95 Å². The minimum Gasteiger partial charge on any atom is -0.444 e. The van der Waals surface area contributed by atoms with E-state index < -0.39 is 35.3 Å². The van der Waals surface area contributed by atoms with Crippen LogP contribution in [0.25, 0.3) is 16.8 Å². The zero-order chi connectivity index (χ0) is 28.3. The average Bonchev–Trinajstić information content (AvgIpc) is 3.32. The van der Waals surface area contributed by atoms with Crippen LogP contribution in [-0.2, 0) is 17.1 Å². The number of alkyl halides is 6. The number of carbonyl (C=O) groups is 1. The van der Waals surface area contributed by atoms with Crippen molar-refractivity contribution in [1.29, 1.82) is 0 Å². The zero-order valence-corrected chi connectivity index (χ0v) is 21.4. The number of halogens is 6. The molecule has 2 aliphatic rings. The number of carbonyl (C=O) groups excluding carboxylic acids is 1. The second kappa shape index (κ2) is 9.30. The summed E-state index contributed by atoms with van der Waals surface area (Å²) in [6.45, 7) is 6.23. The molecule has 0 radical (unpaired) electrons. The molecule has 1 N–H and O–H groups in total.